The van der Waals surface area contributed by atoms with Crippen molar-refractivity contribution in [1.82, 2.24) is 0 Å². The van der Waals surface area contributed by atoms with Gasteiger partial charge in [-0.1, -0.05) is 39.7 Å². The summed E-state index contributed by atoms with van der Waals surface area (Å²) in [4.78, 5) is 11.1. The molecule has 1 atom stereocenters. The van der Waals surface area contributed by atoms with Crippen LogP contribution in [0.5, 0.6) is 0 Å². The van der Waals surface area contributed by atoms with Gasteiger partial charge in [0.05, 0.1) is 9.85 Å². The predicted octanol–water partition coefficient (Wildman–Crippen LogP) is 4.24. The van der Waals surface area contributed by atoms with Gasteiger partial charge >= 0.3 is 0 Å². The van der Waals surface area contributed by atoms with Gasteiger partial charge in [-0.15, -0.1) is 0 Å². The molecule has 0 amide bonds. The van der Waals surface area contributed by atoms with Crippen molar-refractivity contribution in [1.29, 1.82) is 0 Å². The lowest BCUT2D eigenvalue weighted by Gasteiger charge is -2.10. The molecule has 5 heteroatoms. The van der Waals surface area contributed by atoms with Crippen LogP contribution in [0.2, 0.25) is 5.02 Å². The van der Waals surface area contributed by atoms with E-state index in [-0.39, 0.29) is 10.6 Å². The van der Waals surface area contributed by atoms with Crippen molar-refractivity contribution in [2.45, 2.75) is 18.2 Å². The molecule has 15 heavy (non-hydrogen) atoms. The first-order valence-electron chi connectivity index (χ1n) is 4.20. The van der Waals surface area contributed by atoms with Crippen LogP contribution in [0.25, 0.3) is 0 Å². The van der Waals surface area contributed by atoms with Gasteiger partial charge in [-0.05, 0) is 13.0 Å². The lowest BCUT2D eigenvalue weighted by molar-refractivity contribution is 0.0982. The predicted molar refractivity (Wildman–Crippen MR) is 59.1 cm³/mol. The molecule has 0 bridgehead atoms. The van der Waals surface area contributed by atoms with Crippen LogP contribution in [0.3, 0.4) is 0 Å². The van der Waals surface area contributed by atoms with E-state index in [1.54, 1.807) is 6.92 Å². The average Bonchev–Trinajstić information content (AvgIpc) is 2.15. The zero-order chi connectivity index (χ0) is 11.6. The fraction of sp³-hybridized carbons (Fsp3) is 0.300. The third-order valence-corrected chi connectivity index (χ3v) is 2.64. The third kappa shape index (κ3) is 2.75. The molecule has 0 fully saturated rings. The summed E-state index contributed by atoms with van der Waals surface area (Å²) in [6.07, 6.45) is -2.75. The molecule has 0 aliphatic carbocycles. The molecule has 0 saturated carbocycles. The third-order valence-electron chi connectivity index (χ3n) is 1.90. The van der Waals surface area contributed by atoms with Gasteiger partial charge in [0.1, 0.15) is 0 Å². The van der Waals surface area contributed by atoms with Crippen LogP contribution in [0.1, 0.15) is 29.3 Å². The number of carbonyl (C=O) groups is 1. The van der Waals surface area contributed by atoms with E-state index < -0.39 is 22.6 Å². The van der Waals surface area contributed by atoms with E-state index in [1.165, 1.54) is 18.2 Å². The molecule has 0 spiro atoms. The van der Waals surface area contributed by atoms with Crippen LogP contribution in [-0.2, 0) is 0 Å². The SMILES string of the molecule is CC(Br)C(=O)c1cccc(Cl)c1C(F)F. The van der Waals surface area contributed by atoms with Crippen LogP contribution in [0, 0.1) is 0 Å². The van der Waals surface area contributed by atoms with E-state index >= 15 is 0 Å². The summed E-state index contributed by atoms with van der Waals surface area (Å²) in [6, 6.07) is 4.18. The standard InChI is InChI=1S/C10H8BrClF2O/c1-5(11)9(15)6-3-2-4-7(12)8(6)10(13)14/h2-5,10H,1H3. The minimum atomic E-state index is -2.75. The van der Waals surface area contributed by atoms with Gasteiger partial charge in [0.25, 0.3) is 6.43 Å². The zero-order valence-corrected chi connectivity index (χ0v) is 10.1. The van der Waals surface area contributed by atoms with E-state index in [2.05, 4.69) is 15.9 Å². The number of benzene rings is 1. The highest BCUT2D eigenvalue weighted by Crippen LogP contribution is 2.31. The molecule has 0 heterocycles. The second kappa shape index (κ2) is 5.03. The lowest BCUT2D eigenvalue weighted by atomic mass is 10.0. The Morgan fingerprint density at radius 1 is 1.47 bits per heavy atom. The minimum absolute atomic E-state index is 0.0260. The second-order valence-electron chi connectivity index (χ2n) is 2.98. The Morgan fingerprint density at radius 3 is 2.53 bits per heavy atom. The number of Topliss-reactive ketones (excluding diaryl/α,β-unsaturated/α-hetero) is 1. The summed E-state index contributed by atoms with van der Waals surface area (Å²) in [5, 5.41) is -0.0796. The Labute approximate surface area is 99.6 Å². The van der Waals surface area contributed by atoms with Crippen molar-refractivity contribution in [2.24, 2.45) is 0 Å². The maximum absolute atomic E-state index is 12.7. The van der Waals surface area contributed by atoms with Crippen molar-refractivity contribution in [3.8, 4) is 0 Å². The quantitative estimate of drug-likeness (QED) is 0.602. The normalized spacial score (nSPS) is 12.9. The van der Waals surface area contributed by atoms with Crippen LogP contribution in [0.15, 0.2) is 18.2 Å². The van der Waals surface area contributed by atoms with Crippen molar-refractivity contribution < 1.29 is 13.6 Å². The molecule has 0 aromatic heterocycles. The molecule has 0 radical (unpaired) electrons. The summed E-state index contributed by atoms with van der Waals surface area (Å²) < 4.78 is 25.3. The topological polar surface area (TPSA) is 17.1 Å². The van der Waals surface area contributed by atoms with Gasteiger partial charge < -0.3 is 0 Å². The van der Waals surface area contributed by atoms with Crippen LogP contribution < -0.4 is 0 Å². The molecular formula is C10H8BrClF2O. The highest BCUT2D eigenvalue weighted by molar-refractivity contribution is 9.10. The van der Waals surface area contributed by atoms with Crippen LogP contribution in [-0.4, -0.2) is 10.6 Å². The van der Waals surface area contributed by atoms with Gasteiger partial charge in [0.15, 0.2) is 5.78 Å². The molecule has 1 rings (SSSR count). The summed E-state index contributed by atoms with van der Waals surface area (Å²) in [5.74, 6) is -0.396. The van der Waals surface area contributed by atoms with Crippen LogP contribution >= 0.6 is 27.5 Å². The zero-order valence-electron chi connectivity index (χ0n) is 7.81. The van der Waals surface area contributed by atoms with Crippen molar-refractivity contribution in [3.63, 3.8) is 0 Å². The highest BCUT2D eigenvalue weighted by atomic mass is 79.9. The molecule has 0 saturated heterocycles. The van der Waals surface area contributed by atoms with Gasteiger partial charge in [-0.3, -0.25) is 4.79 Å². The first kappa shape index (κ1) is 12.6. The monoisotopic (exact) mass is 296 g/mol. The Hall–Kier alpha value is -0.480. The number of hydrogen-bond donors (Lipinski definition) is 0. The van der Waals surface area contributed by atoms with Gasteiger partial charge in [0.2, 0.25) is 0 Å². The summed E-state index contributed by atoms with van der Waals surface area (Å²) >= 11 is 8.67. The minimum Gasteiger partial charge on any atom is -0.293 e. The summed E-state index contributed by atoms with van der Waals surface area (Å²) in [6.45, 7) is 1.58. The van der Waals surface area contributed by atoms with Gasteiger partial charge in [-0.25, -0.2) is 8.78 Å². The maximum atomic E-state index is 12.7. The second-order valence-corrected chi connectivity index (χ2v) is 4.76. The molecule has 0 aliphatic rings. The molecule has 0 aliphatic heterocycles. The Morgan fingerprint density at radius 2 is 2.07 bits per heavy atom. The van der Waals surface area contributed by atoms with E-state index in [4.69, 9.17) is 11.6 Å². The first-order valence-corrected chi connectivity index (χ1v) is 5.49. The average molecular weight is 298 g/mol. The molecule has 1 nitrogen and oxygen atoms in total. The molecule has 1 aromatic carbocycles. The number of carbonyl (C=O) groups excluding carboxylic acids is 1. The lowest BCUT2D eigenvalue weighted by Crippen LogP contribution is -2.13. The first-order chi connectivity index (χ1) is 6.95. The molecule has 1 unspecified atom stereocenters. The summed E-state index contributed by atoms with van der Waals surface area (Å²) in [7, 11) is 0. The number of rotatable bonds is 3. The number of halogens is 4. The van der Waals surface area contributed by atoms with E-state index in [9.17, 15) is 13.6 Å². The molecule has 82 valence electrons. The Bertz CT molecular complexity index is 380. The summed E-state index contributed by atoms with van der Waals surface area (Å²) in [5.41, 5.74) is -0.419. The molecule has 1 aromatic rings. The van der Waals surface area contributed by atoms with Crippen molar-refractivity contribution >= 4 is 33.3 Å². The van der Waals surface area contributed by atoms with E-state index in [1.807, 2.05) is 0 Å². The molecular weight excluding hydrogens is 289 g/mol. The molecule has 0 N–H and O–H groups in total. The number of hydrogen-bond acceptors (Lipinski definition) is 1. The highest BCUT2D eigenvalue weighted by Gasteiger charge is 2.23. The fourth-order valence-corrected chi connectivity index (χ4v) is 1.69. The maximum Gasteiger partial charge on any atom is 0.265 e. The van der Waals surface area contributed by atoms with Crippen molar-refractivity contribution in [3.05, 3.63) is 34.3 Å². The fourth-order valence-electron chi connectivity index (χ4n) is 1.19. The van der Waals surface area contributed by atoms with Crippen LogP contribution in [0.4, 0.5) is 8.78 Å². The van der Waals surface area contributed by atoms with E-state index in [0.717, 1.165) is 0 Å². The smallest absolute Gasteiger partial charge is 0.265 e. The van der Waals surface area contributed by atoms with Gasteiger partial charge in [0, 0.05) is 11.1 Å². The number of alkyl halides is 3. The Balaban J connectivity index is 3.29. The Kier molecular flexibility index (Phi) is 4.22. The van der Waals surface area contributed by atoms with Crippen molar-refractivity contribution in [2.75, 3.05) is 0 Å². The number of ketones is 1. The van der Waals surface area contributed by atoms with Gasteiger partial charge in [-0.2, -0.15) is 0 Å². The van der Waals surface area contributed by atoms with E-state index in [0.29, 0.717) is 0 Å². The largest absolute Gasteiger partial charge is 0.293 e.